The van der Waals surface area contributed by atoms with Crippen molar-refractivity contribution in [3.63, 3.8) is 0 Å². The summed E-state index contributed by atoms with van der Waals surface area (Å²) in [6, 6.07) is 10.3. The summed E-state index contributed by atoms with van der Waals surface area (Å²) in [6.45, 7) is 7.29. The number of hydrogen-bond donors (Lipinski definition) is 1. The second kappa shape index (κ2) is 5.00. The van der Waals surface area contributed by atoms with E-state index in [4.69, 9.17) is 11.0 Å². The highest BCUT2D eigenvalue weighted by Gasteiger charge is 2.21. The Bertz CT molecular complexity index is 390. The molecular formula is C13H19N3. The van der Waals surface area contributed by atoms with Crippen LogP contribution in [0.2, 0.25) is 0 Å². The second-order valence-electron chi connectivity index (χ2n) is 4.33. The van der Waals surface area contributed by atoms with Crippen LogP contribution in [0.1, 0.15) is 19.4 Å². The van der Waals surface area contributed by atoms with Crippen LogP contribution in [0.15, 0.2) is 24.3 Å². The number of aryl methyl sites for hydroxylation is 1. The minimum absolute atomic E-state index is 0.546. The molecule has 0 bridgehead atoms. The first-order chi connectivity index (χ1) is 7.50. The average Bonchev–Trinajstić information content (AvgIpc) is 2.27. The van der Waals surface area contributed by atoms with Gasteiger partial charge in [-0.3, -0.25) is 0 Å². The lowest BCUT2D eigenvalue weighted by Gasteiger charge is -2.30. The van der Waals surface area contributed by atoms with E-state index < -0.39 is 5.54 Å². The third-order valence-corrected chi connectivity index (χ3v) is 2.61. The summed E-state index contributed by atoms with van der Waals surface area (Å²) in [7, 11) is 0. The Morgan fingerprint density at radius 1 is 1.44 bits per heavy atom. The van der Waals surface area contributed by atoms with E-state index in [9.17, 15) is 0 Å². The van der Waals surface area contributed by atoms with Gasteiger partial charge in [0.15, 0.2) is 0 Å². The van der Waals surface area contributed by atoms with Crippen molar-refractivity contribution in [2.24, 2.45) is 5.73 Å². The van der Waals surface area contributed by atoms with Crippen LogP contribution in [0, 0.1) is 18.3 Å². The lowest BCUT2D eigenvalue weighted by molar-refractivity contribution is 0.578. The predicted octanol–water partition coefficient (Wildman–Crippen LogP) is 2.06. The molecule has 1 rings (SSSR count). The number of hydrogen-bond acceptors (Lipinski definition) is 3. The molecule has 0 saturated heterocycles. The summed E-state index contributed by atoms with van der Waals surface area (Å²) in [5.41, 5.74) is 7.43. The van der Waals surface area contributed by atoms with Crippen molar-refractivity contribution < 1.29 is 0 Å². The Balaban J connectivity index is 2.93. The van der Waals surface area contributed by atoms with Crippen molar-refractivity contribution in [3.8, 4) is 6.07 Å². The molecule has 3 heteroatoms. The van der Waals surface area contributed by atoms with Crippen LogP contribution in [0.25, 0.3) is 0 Å². The molecule has 0 saturated carbocycles. The highest BCUT2D eigenvalue weighted by atomic mass is 15.1. The summed E-state index contributed by atoms with van der Waals surface area (Å²) >= 11 is 0. The van der Waals surface area contributed by atoms with Crippen LogP contribution < -0.4 is 10.6 Å². The third kappa shape index (κ3) is 2.98. The van der Waals surface area contributed by atoms with E-state index in [0.717, 1.165) is 12.2 Å². The minimum atomic E-state index is -0.807. The van der Waals surface area contributed by atoms with Gasteiger partial charge in [0, 0.05) is 18.8 Å². The van der Waals surface area contributed by atoms with Gasteiger partial charge in [-0.2, -0.15) is 5.26 Å². The zero-order valence-electron chi connectivity index (χ0n) is 10.2. The van der Waals surface area contributed by atoms with Crippen molar-refractivity contribution in [1.82, 2.24) is 0 Å². The molecule has 1 unspecified atom stereocenters. The lowest BCUT2D eigenvalue weighted by Crippen LogP contribution is -2.47. The molecule has 1 aromatic carbocycles. The maximum Gasteiger partial charge on any atom is 0.119 e. The molecule has 0 spiro atoms. The molecule has 0 aliphatic heterocycles. The molecule has 1 atom stereocenters. The fourth-order valence-corrected chi connectivity index (χ4v) is 1.72. The largest absolute Gasteiger partial charge is 0.369 e. The molecule has 2 N–H and O–H groups in total. The number of para-hydroxylation sites is 1. The zero-order valence-corrected chi connectivity index (χ0v) is 10.2. The van der Waals surface area contributed by atoms with Crippen molar-refractivity contribution in [2.45, 2.75) is 26.3 Å². The van der Waals surface area contributed by atoms with Crippen molar-refractivity contribution in [3.05, 3.63) is 29.8 Å². The quantitative estimate of drug-likeness (QED) is 0.840. The summed E-state index contributed by atoms with van der Waals surface area (Å²) < 4.78 is 0. The number of nitrogens with two attached hydrogens (primary N) is 1. The van der Waals surface area contributed by atoms with E-state index in [1.807, 2.05) is 12.1 Å². The van der Waals surface area contributed by atoms with Crippen LogP contribution in [0.4, 0.5) is 5.69 Å². The van der Waals surface area contributed by atoms with E-state index in [1.54, 1.807) is 6.92 Å². The number of nitrogens with zero attached hydrogens (tertiary/aromatic N) is 2. The van der Waals surface area contributed by atoms with Gasteiger partial charge in [0.25, 0.3) is 0 Å². The van der Waals surface area contributed by atoms with Gasteiger partial charge in [-0.15, -0.1) is 0 Å². The summed E-state index contributed by atoms with van der Waals surface area (Å²) in [5.74, 6) is 0. The molecule has 0 heterocycles. The van der Waals surface area contributed by atoms with E-state index in [0.29, 0.717) is 6.54 Å². The zero-order chi connectivity index (χ0) is 12.2. The molecule has 1 aromatic rings. The average molecular weight is 217 g/mol. The first-order valence-electron chi connectivity index (χ1n) is 5.51. The molecule has 0 radical (unpaired) electrons. The Morgan fingerprint density at radius 3 is 2.56 bits per heavy atom. The molecule has 86 valence electrons. The van der Waals surface area contributed by atoms with E-state index in [2.05, 4.69) is 36.9 Å². The monoisotopic (exact) mass is 217 g/mol. The van der Waals surface area contributed by atoms with Gasteiger partial charge >= 0.3 is 0 Å². The highest BCUT2D eigenvalue weighted by Crippen LogP contribution is 2.20. The molecule has 3 nitrogen and oxygen atoms in total. The Kier molecular flexibility index (Phi) is 3.92. The fourth-order valence-electron chi connectivity index (χ4n) is 1.72. The smallest absolute Gasteiger partial charge is 0.119 e. The fraction of sp³-hybridized carbons (Fsp3) is 0.462. The topological polar surface area (TPSA) is 53.0 Å². The number of anilines is 1. The van der Waals surface area contributed by atoms with Crippen molar-refractivity contribution in [1.29, 1.82) is 5.26 Å². The van der Waals surface area contributed by atoms with Crippen LogP contribution in [-0.2, 0) is 0 Å². The van der Waals surface area contributed by atoms with Gasteiger partial charge < -0.3 is 10.6 Å². The third-order valence-electron chi connectivity index (χ3n) is 2.61. The SMILES string of the molecule is CCN(CC(C)(N)C#N)c1ccccc1C. The predicted molar refractivity (Wildman–Crippen MR) is 67.3 cm³/mol. The summed E-state index contributed by atoms with van der Waals surface area (Å²) in [5, 5.41) is 8.95. The maximum absolute atomic E-state index is 8.95. The molecule has 0 fully saturated rings. The summed E-state index contributed by atoms with van der Waals surface area (Å²) in [4.78, 5) is 2.14. The lowest BCUT2D eigenvalue weighted by atomic mass is 10.0. The van der Waals surface area contributed by atoms with Crippen molar-refractivity contribution in [2.75, 3.05) is 18.0 Å². The van der Waals surface area contributed by atoms with Gasteiger partial charge in [-0.05, 0) is 32.4 Å². The Hall–Kier alpha value is -1.53. The molecule has 0 aliphatic carbocycles. The van der Waals surface area contributed by atoms with E-state index in [1.165, 1.54) is 5.56 Å². The first-order valence-corrected chi connectivity index (χ1v) is 5.51. The maximum atomic E-state index is 8.95. The number of rotatable bonds is 4. The first kappa shape index (κ1) is 12.5. The van der Waals surface area contributed by atoms with Gasteiger partial charge in [-0.1, -0.05) is 18.2 Å². The normalized spacial score (nSPS) is 13.9. The van der Waals surface area contributed by atoms with Gasteiger partial charge in [0.1, 0.15) is 5.54 Å². The van der Waals surface area contributed by atoms with Crippen molar-refractivity contribution >= 4 is 5.69 Å². The minimum Gasteiger partial charge on any atom is -0.369 e. The number of nitriles is 1. The molecule has 16 heavy (non-hydrogen) atoms. The van der Waals surface area contributed by atoms with Crippen LogP contribution in [-0.4, -0.2) is 18.6 Å². The Morgan fingerprint density at radius 2 is 2.06 bits per heavy atom. The van der Waals surface area contributed by atoms with Gasteiger partial charge in [0.2, 0.25) is 0 Å². The summed E-state index contributed by atoms with van der Waals surface area (Å²) in [6.07, 6.45) is 0. The second-order valence-corrected chi connectivity index (χ2v) is 4.33. The number of benzene rings is 1. The van der Waals surface area contributed by atoms with Gasteiger partial charge in [0.05, 0.1) is 6.07 Å². The molecular weight excluding hydrogens is 198 g/mol. The Labute approximate surface area is 97.5 Å². The van der Waals surface area contributed by atoms with Crippen LogP contribution in [0.5, 0.6) is 0 Å². The molecule has 0 aromatic heterocycles. The van der Waals surface area contributed by atoms with Crippen LogP contribution >= 0.6 is 0 Å². The van der Waals surface area contributed by atoms with E-state index in [-0.39, 0.29) is 0 Å². The van der Waals surface area contributed by atoms with Crippen LogP contribution in [0.3, 0.4) is 0 Å². The molecule has 0 aliphatic rings. The van der Waals surface area contributed by atoms with E-state index >= 15 is 0 Å². The molecule has 0 amide bonds. The number of likely N-dealkylation sites (N-methyl/N-ethyl adjacent to an activating group) is 1. The highest BCUT2D eigenvalue weighted by molar-refractivity contribution is 5.53. The van der Waals surface area contributed by atoms with Gasteiger partial charge in [-0.25, -0.2) is 0 Å². The standard InChI is InChI=1S/C13H19N3/c1-4-16(10-13(3,15)9-14)12-8-6-5-7-11(12)2/h5-8H,4,10,15H2,1-3H3.